The summed E-state index contributed by atoms with van der Waals surface area (Å²) >= 11 is 0. The average Bonchev–Trinajstić information content (AvgIpc) is 3.08. The normalized spacial score (nSPS) is 15.7. The molecule has 1 aromatic carbocycles. The first kappa shape index (κ1) is 21.6. The summed E-state index contributed by atoms with van der Waals surface area (Å²) in [7, 11) is 1.35. The molecule has 30 heavy (non-hydrogen) atoms. The van der Waals surface area contributed by atoms with Crippen LogP contribution < -0.4 is 0 Å². The van der Waals surface area contributed by atoms with Gasteiger partial charge in [-0.25, -0.2) is 4.79 Å². The summed E-state index contributed by atoms with van der Waals surface area (Å²) in [6.07, 6.45) is 1.83. The van der Waals surface area contributed by atoms with Gasteiger partial charge >= 0.3 is 5.97 Å². The molecule has 1 amide bonds. The molecule has 2 heterocycles. The highest BCUT2D eigenvalue weighted by molar-refractivity contribution is 6.16. The van der Waals surface area contributed by atoms with E-state index in [4.69, 9.17) is 4.74 Å². The number of esters is 1. The van der Waals surface area contributed by atoms with Crippen LogP contribution in [0.15, 0.2) is 47.2 Å². The molecule has 1 aliphatic heterocycles. The third-order valence-corrected chi connectivity index (χ3v) is 5.48. The molecular formula is C25H30N2O3. The maximum Gasteiger partial charge on any atom is 0.340 e. The lowest BCUT2D eigenvalue weighted by molar-refractivity contribution is -0.136. The number of rotatable bonds is 5. The molecule has 3 rings (SSSR count). The number of hydrogen-bond acceptors (Lipinski definition) is 3. The number of aromatic nitrogens is 1. The second-order valence-corrected chi connectivity index (χ2v) is 8.32. The Hall–Kier alpha value is -3.08. The van der Waals surface area contributed by atoms with E-state index < -0.39 is 5.97 Å². The van der Waals surface area contributed by atoms with Crippen LogP contribution in [-0.4, -0.2) is 35.0 Å². The predicted molar refractivity (Wildman–Crippen MR) is 119 cm³/mol. The predicted octanol–water partition coefficient (Wildman–Crippen LogP) is 4.73. The average molecular weight is 407 g/mol. The molecule has 0 spiro atoms. The van der Waals surface area contributed by atoms with E-state index in [1.807, 2.05) is 39.0 Å². The molecule has 1 aliphatic rings. The molecule has 0 radical (unpaired) electrons. The van der Waals surface area contributed by atoms with Crippen LogP contribution in [0.1, 0.15) is 43.3 Å². The number of benzene rings is 1. The quantitative estimate of drug-likeness (QED) is 0.533. The third kappa shape index (κ3) is 3.84. The van der Waals surface area contributed by atoms with Gasteiger partial charge in [0.25, 0.3) is 5.91 Å². The lowest BCUT2D eigenvalue weighted by atomic mass is 10.0. The Morgan fingerprint density at radius 1 is 1.13 bits per heavy atom. The van der Waals surface area contributed by atoms with Crippen molar-refractivity contribution in [3.8, 4) is 5.69 Å². The van der Waals surface area contributed by atoms with Gasteiger partial charge in [0.15, 0.2) is 0 Å². The fourth-order valence-corrected chi connectivity index (χ4v) is 4.07. The van der Waals surface area contributed by atoms with Gasteiger partial charge in [0.05, 0.1) is 18.3 Å². The Bertz CT molecular complexity index is 1070. The first-order chi connectivity index (χ1) is 14.1. The molecule has 0 atom stereocenters. The van der Waals surface area contributed by atoms with Crippen molar-refractivity contribution >= 4 is 18.0 Å². The molecule has 0 aliphatic carbocycles. The van der Waals surface area contributed by atoms with Crippen LogP contribution >= 0.6 is 0 Å². The van der Waals surface area contributed by atoms with Gasteiger partial charge in [0, 0.05) is 29.3 Å². The van der Waals surface area contributed by atoms with Gasteiger partial charge in [-0.3, -0.25) is 4.79 Å². The van der Waals surface area contributed by atoms with E-state index in [1.165, 1.54) is 12.7 Å². The number of carbonyl (C=O) groups excluding carboxylic acids is 2. The minimum absolute atomic E-state index is 0.151. The lowest BCUT2D eigenvalue weighted by Gasteiger charge is -2.19. The zero-order valence-electron chi connectivity index (χ0n) is 18.9. The van der Waals surface area contributed by atoms with Crippen molar-refractivity contribution in [3.05, 3.63) is 69.7 Å². The van der Waals surface area contributed by atoms with Gasteiger partial charge < -0.3 is 14.2 Å². The second kappa shape index (κ2) is 8.34. The maximum absolute atomic E-state index is 13.2. The Morgan fingerprint density at radius 3 is 2.43 bits per heavy atom. The Balaban J connectivity index is 2.12. The fraction of sp³-hybridized carbons (Fsp3) is 0.360. The van der Waals surface area contributed by atoms with Crippen molar-refractivity contribution in [1.82, 2.24) is 9.47 Å². The highest BCUT2D eigenvalue weighted by atomic mass is 16.5. The number of hydrogen-bond donors (Lipinski definition) is 0. The minimum atomic E-state index is -0.481. The van der Waals surface area contributed by atoms with Crippen LogP contribution in [0, 0.1) is 26.7 Å². The summed E-state index contributed by atoms with van der Waals surface area (Å²) in [5.41, 5.74) is 6.65. The monoisotopic (exact) mass is 406 g/mol. The summed E-state index contributed by atoms with van der Waals surface area (Å²) in [5.74, 6) is -0.346. The van der Waals surface area contributed by atoms with E-state index in [0.29, 0.717) is 23.4 Å². The standard InChI is InChI=1S/C25H30N2O3/c1-15(2)14-26-19(6)23(25(29)30-7)22(24(26)28)13-20-12-17(4)27(18(20)5)21-10-8-9-16(3)11-21/h8-13,15H,14H2,1-7H3/b22-13-. The SMILES string of the molecule is COC(=O)C1=C(C)N(CC(C)C)C(=O)/C1=C\c1cc(C)n(-c2cccc(C)c2)c1C. The Morgan fingerprint density at radius 2 is 1.83 bits per heavy atom. The lowest BCUT2D eigenvalue weighted by Crippen LogP contribution is -2.28. The summed E-state index contributed by atoms with van der Waals surface area (Å²) in [6.45, 7) is 12.6. The van der Waals surface area contributed by atoms with Gasteiger partial charge in [-0.1, -0.05) is 26.0 Å². The van der Waals surface area contributed by atoms with Crippen molar-refractivity contribution in [2.45, 2.75) is 41.5 Å². The summed E-state index contributed by atoms with van der Waals surface area (Å²) in [6, 6.07) is 10.4. The van der Waals surface area contributed by atoms with Crippen LogP contribution in [0.4, 0.5) is 0 Å². The Kier molecular flexibility index (Phi) is 6.01. The molecule has 0 fully saturated rings. The van der Waals surface area contributed by atoms with Crippen LogP contribution in [0.25, 0.3) is 11.8 Å². The van der Waals surface area contributed by atoms with E-state index in [0.717, 1.165) is 22.6 Å². The zero-order valence-corrected chi connectivity index (χ0v) is 18.9. The van der Waals surface area contributed by atoms with Crippen molar-refractivity contribution in [1.29, 1.82) is 0 Å². The molecule has 2 aromatic rings. The number of aryl methyl sites for hydroxylation is 2. The number of ether oxygens (including phenoxy) is 1. The van der Waals surface area contributed by atoms with E-state index in [-0.39, 0.29) is 11.8 Å². The zero-order chi connectivity index (χ0) is 22.2. The van der Waals surface area contributed by atoms with Crippen molar-refractivity contribution in [3.63, 3.8) is 0 Å². The number of amides is 1. The minimum Gasteiger partial charge on any atom is -0.465 e. The topological polar surface area (TPSA) is 51.5 Å². The molecule has 0 saturated heterocycles. The number of methoxy groups -OCH3 is 1. The molecule has 0 saturated carbocycles. The highest BCUT2D eigenvalue weighted by Crippen LogP contribution is 2.33. The second-order valence-electron chi connectivity index (χ2n) is 8.32. The van der Waals surface area contributed by atoms with Gasteiger partial charge in [-0.05, 0) is 69.0 Å². The summed E-state index contributed by atoms with van der Waals surface area (Å²) < 4.78 is 7.16. The molecule has 0 unspecified atom stereocenters. The number of allylic oxidation sites excluding steroid dienone is 1. The summed E-state index contributed by atoms with van der Waals surface area (Å²) in [5, 5.41) is 0. The largest absolute Gasteiger partial charge is 0.465 e. The van der Waals surface area contributed by atoms with E-state index in [9.17, 15) is 9.59 Å². The fourth-order valence-electron chi connectivity index (χ4n) is 4.07. The summed E-state index contributed by atoms with van der Waals surface area (Å²) in [4.78, 5) is 27.4. The molecular weight excluding hydrogens is 376 g/mol. The van der Waals surface area contributed by atoms with Crippen LogP contribution in [0.5, 0.6) is 0 Å². The molecule has 1 aromatic heterocycles. The number of nitrogens with zero attached hydrogens (tertiary/aromatic N) is 2. The van der Waals surface area contributed by atoms with Gasteiger partial charge in [-0.15, -0.1) is 0 Å². The van der Waals surface area contributed by atoms with Crippen LogP contribution in [0.3, 0.4) is 0 Å². The first-order valence-electron chi connectivity index (χ1n) is 10.2. The van der Waals surface area contributed by atoms with E-state index >= 15 is 0 Å². The maximum atomic E-state index is 13.2. The molecule has 5 heteroatoms. The third-order valence-electron chi connectivity index (χ3n) is 5.48. The first-order valence-corrected chi connectivity index (χ1v) is 10.2. The van der Waals surface area contributed by atoms with Crippen molar-refractivity contribution in [2.24, 2.45) is 5.92 Å². The number of carbonyl (C=O) groups is 2. The smallest absolute Gasteiger partial charge is 0.340 e. The van der Waals surface area contributed by atoms with Gasteiger partial charge in [-0.2, -0.15) is 0 Å². The highest BCUT2D eigenvalue weighted by Gasteiger charge is 2.37. The van der Waals surface area contributed by atoms with Crippen LogP contribution in [-0.2, 0) is 14.3 Å². The van der Waals surface area contributed by atoms with E-state index in [1.54, 1.807) is 4.90 Å². The van der Waals surface area contributed by atoms with Crippen LogP contribution in [0.2, 0.25) is 0 Å². The molecule has 5 nitrogen and oxygen atoms in total. The van der Waals surface area contributed by atoms with E-state index in [2.05, 4.69) is 43.5 Å². The molecule has 0 bridgehead atoms. The molecule has 0 N–H and O–H groups in total. The van der Waals surface area contributed by atoms with Crippen molar-refractivity contribution in [2.75, 3.05) is 13.7 Å². The van der Waals surface area contributed by atoms with Crippen molar-refractivity contribution < 1.29 is 14.3 Å². The molecule has 158 valence electrons. The Labute approximate surface area is 178 Å². The van der Waals surface area contributed by atoms with Gasteiger partial charge in [0.1, 0.15) is 0 Å². The van der Waals surface area contributed by atoms with Gasteiger partial charge in [0.2, 0.25) is 0 Å².